The molecule has 0 aliphatic carbocycles. The van der Waals surface area contributed by atoms with Gasteiger partial charge in [-0.3, -0.25) is 9.59 Å². The van der Waals surface area contributed by atoms with Gasteiger partial charge in [0.2, 0.25) is 5.91 Å². The molecule has 0 aliphatic rings. The SMILES string of the molecule is NC(=O)CCN(Cc1ccccc1)C(=O)c1cccc(Oc2ccccc2)c1. The first-order valence-electron chi connectivity index (χ1n) is 9.06. The lowest BCUT2D eigenvalue weighted by atomic mass is 10.1. The van der Waals surface area contributed by atoms with Gasteiger partial charge < -0.3 is 15.4 Å². The van der Waals surface area contributed by atoms with Crippen molar-refractivity contribution in [3.8, 4) is 11.5 Å². The molecule has 3 rings (SSSR count). The van der Waals surface area contributed by atoms with Crippen molar-refractivity contribution in [3.05, 3.63) is 96.1 Å². The van der Waals surface area contributed by atoms with Crippen LogP contribution in [0.3, 0.4) is 0 Å². The third-order valence-corrected chi connectivity index (χ3v) is 4.19. The van der Waals surface area contributed by atoms with Crippen molar-refractivity contribution < 1.29 is 14.3 Å². The van der Waals surface area contributed by atoms with Gasteiger partial charge in [0.1, 0.15) is 11.5 Å². The number of para-hydroxylation sites is 1. The Balaban J connectivity index is 1.79. The number of primary amides is 1. The number of rotatable bonds is 8. The van der Waals surface area contributed by atoms with Crippen LogP contribution in [0.15, 0.2) is 84.9 Å². The first-order chi connectivity index (χ1) is 13.6. The molecule has 0 atom stereocenters. The first kappa shape index (κ1) is 19.2. The highest BCUT2D eigenvalue weighted by Crippen LogP contribution is 2.23. The predicted octanol–water partition coefficient (Wildman–Crippen LogP) is 4.00. The van der Waals surface area contributed by atoms with Crippen LogP contribution in [0.5, 0.6) is 11.5 Å². The summed E-state index contributed by atoms with van der Waals surface area (Å²) in [6.45, 7) is 0.656. The van der Waals surface area contributed by atoms with E-state index in [1.54, 1.807) is 29.2 Å². The standard InChI is InChI=1S/C23H22N2O3/c24-22(26)14-15-25(17-18-8-3-1-4-9-18)23(27)19-10-7-13-21(16-19)28-20-11-5-2-6-12-20/h1-13,16H,14-15,17H2,(H2,24,26). The summed E-state index contributed by atoms with van der Waals surface area (Å²) in [7, 11) is 0. The third-order valence-electron chi connectivity index (χ3n) is 4.19. The van der Waals surface area contributed by atoms with Crippen LogP contribution < -0.4 is 10.5 Å². The zero-order chi connectivity index (χ0) is 19.8. The van der Waals surface area contributed by atoms with Gasteiger partial charge >= 0.3 is 0 Å². The molecule has 0 aliphatic heterocycles. The summed E-state index contributed by atoms with van der Waals surface area (Å²) in [6.07, 6.45) is 0.110. The van der Waals surface area contributed by atoms with Gasteiger partial charge in [-0.2, -0.15) is 0 Å². The van der Waals surface area contributed by atoms with E-state index in [1.807, 2.05) is 60.7 Å². The average molecular weight is 374 g/mol. The molecule has 0 heterocycles. The van der Waals surface area contributed by atoms with Crippen LogP contribution >= 0.6 is 0 Å². The van der Waals surface area contributed by atoms with Crippen LogP contribution in [-0.4, -0.2) is 23.3 Å². The zero-order valence-corrected chi connectivity index (χ0v) is 15.5. The van der Waals surface area contributed by atoms with Crippen molar-refractivity contribution in [3.63, 3.8) is 0 Å². The van der Waals surface area contributed by atoms with Gasteiger partial charge in [0.15, 0.2) is 0 Å². The van der Waals surface area contributed by atoms with E-state index >= 15 is 0 Å². The maximum atomic E-state index is 13.1. The fourth-order valence-corrected chi connectivity index (χ4v) is 2.80. The molecule has 3 aromatic carbocycles. The second-order valence-electron chi connectivity index (χ2n) is 6.37. The van der Waals surface area contributed by atoms with Crippen molar-refractivity contribution in [1.82, 2.24) is 4.90 Å². The first-order valence-corrected chi connectivity index (χ1v) is 9.06. The molecule has 3 aromatic rings. The largest absolute Gasteiger partial charge is 0.457 e. The summed E-state index contributed by atoms with van der Waals surface area (Å²) in [5.74, 6) is 0.657. The van der Waals surface area contributed by atoms with Crippen molar-refractivity contribution >= 4 is 11.8 Å². The third kappa shape index (κ3) is 5.45. The highest BCUT2D eigenvalue weighted by molar-refractivity contribution is 5.94. The summed E-state index contributed by atoms with van der Waals surface area (Å²) in [5, 5.41) is 0. The number of benzene rings is 3. The van der Waals surface area contributed by atoms with E-state index in [9.17, 15) is 9.59 Å². The summed E-state index contributed by atoms with van der Waals surface area (Å²) in [6, 6.07) is 26.0. The second kappa shape index (κ2) is 9.37. The maximum absolute atomic E-state index is 13.1. The quantitative estimate of drug-likeness (QED) is 0.648. The summed E-state index contributed by atoms with van der Waals surface area (Å²) in [5.41, 5.74) is 6.76. The lowest BCUT2D eigenvalue weighted by molar-refractivity contribution is -0.118. The molecule has 2 amide bonds. The molecule has 142 valence electrons. The van der Waals surface area contributed by atoms with Gasteiger partial charge in [-0.15, -0.1) is 0 Å². The number of hydrogen-bond donors (Lipinski definition) is 1. The van der Waals surface area contributed by atoms with E-state index in [0.717, 1.165) is 5.56 Å². The monoisotopic (exact) mass is 374 g/mol. The molecular formula is C23H22N2O3. The molecule has 0 fully saturated rings. The summed E-state index contributed by atoms with van der Waals surface area (Å²) in [4.78, 5) is 25.9. The summed E-state index contributed by atoms with van der Waals surface area (Å²) < 4.78 is 5.82. The molecule has 0 aromatic heterocycles. The van der Waals surface area contributed by atoms with Crippen molar-refractivity contribution in [1.29, 1.82) is 0 Å². The van der Waals surface area contributed by atoms with Gasteiger partial charge in [-0.25, -0.2) is 0 Å². The molecule has 5 nitrogen and oxygen atoms in total. The topological polar surface area (TPSA) is 72.6 Å². The highest BCUT2D eigenvalue weighted by Gasteiger charge is 2.17. The van der Waals surface area contributed by atoms with Crippen molar-refractivity contribution in [2.45, 2.75) is 13.0 Å². The number of carbonyl (C=O) groups is 2. The van der Waals surface area contributed by atoms with Crippen LogP contribution in [-0.2, 0) is 11.3 Å². The van der Waals surface area contributed by atoms with Gasteiger partial charge in [0.25, 0.3) is 5.91 Å². The van der Waals surface area contributed by atoms with Gasteiger partial charge in [0.05, 0.1) is 0 Å². The molecule has 5 heteroatoms. The lowest BCUT2D eigenvalue weighted by Crippen LogP contribution is -2.33. The van der Waals surface area contributed by atoms with Crippen LogP contribution in [0.2, 0.25) is 0 Å². The Kier molecular flexibility index (Phi) is 6.41. The van der Waals surface area contributed by atoms with Crippen LogP contribution in [0.1, 0.15) is 22.3 Å². The summed E-state index contributed by atoms with van der Waals surface area (Å²) >= 11 is 0. The molecule has 0 saturated heterocycles. The molecule has 28 heavy (non-hydrogen) atoms. The molecule has 0 spiro atoms. The van der Waals surface area contributed by atoms with Crippen LogP contribution in [0.4, 0.5) is 0 Å². The van der Waals surface area contributed by atoms with Crippen molar-refractivity contribution in [2.75, 3.05) is 6.54 Å². The predicted molar refractivity (Wildman–Crippen MR) is 108 cm³/mol. The van der Waals surface area contributed by atoms with Crippen LogP contribution in [0.25, 0.3) is 0 Å². The molecular weight excluding hydrogens is 352 g/mol. The Morgan fingerprint density at radius 2 is 1.46 bits per heavy atom. The number of carbonyl (C=O) groups excluding carboxylic acids is 2. The fraction of sp³-hybridized carbons (Fsp3) is 0.130. The minimum atomic E-state index is -0.438. The average Bonchev–Trinajstić information content (AvgIpc) is 2.72. The minimum Gasteiger partial charge on any atom is -0.457 e. The Hall–Kier alpha value is -3.60. The lowest BCUT2D eigenvalue weighted by Gasteiger charge is -2.22. The Bertz CT molecular complexity index is 927. The minimum absolute atomic E-state index is 0.110. The van der Waals surface area contributed by atoms with E-state index in [4.69, 9.17) is 10.5 Å². The zero-order valence-electron chi connectivity index (χ0n) is 15.5. The van der Waals surface area contributed by atoms with E-state index < -0.39 is 5.91 Å². The molecule has 0 saturated carbocycles. The van der Waals surface area contributed by atoms with E-state index in [2.05, 4.69) is 0 Å². The number of ether oxygens (including phenoxy) is 1. The Morgan fingerprint density at radius 3 is 2.14 bits per heavy atom. The van der Waals surface area contributed by atoms with E-state index in [1.165, 1.54) is 0 Å². The van der Waals surface area contributed by atoms with Gasteiger partial charge in [0, 0.05) is 25.1 Å². The number of amides is 2. The maximum Gasteiger partial charge on any atom is 0.254 e. The second-order valence-corrected chi connectivity index (χ2v) is 6.37. The Morgan fingerprint density at radius 1 is 0.821 bits per heavy atom. The van der Waals surface area contributed by atoms with E-state index in [0.29, 0.717) is 23.6 Å². The van der Waals surface area contributed by atoms with Crippen LogP contribution in [0, 0.1) is 0 Å². The Labute approximate surface area is 164 Å². The fourth-order valence-electron chi connectivity index (χ4n) is 2.80. The van der Waals surface area contributed by atoms with E-state index in [-0.39, 0.29) is 18.9 Å². The molecule has 0 bridgehead atoms. The molecule has 0 unspecified atom stereocenters. The number of nitrogens with two attached hydrogens (primary N) is 1. The number of nitrogens with zero attached hydrogens (tertiary/aromatic N) is 1. The smallest absolute Gasteiger partial charge is 0.254 e. The molecule has 2 N–H and O–H groups in total. The van der Waals surface area contributed by atoms with Gasteiger partial charge in [-0.1, -0.05) is 54.6 Å². The van der Waals surface area contributed by atoms with Gasteiger partial charge in [-0.05, 0) is 35.9 Å². The normalized spacial score (nSPS) is 10.3. The number of hydrogen-bond acceptors (Lipinski definition) is 3. The van der Waals surface area contributed by atoms with Crippen molar-refractivity contribution in [2.24, 2.45) is 5.73 Å². The molecule has 0 radical (unpaired) electrons. The highest BCUT2D eigenvalue weighted by atomic mass is 16.5.